The van der Waals surface area contributed by atoms with Crippen LogP contribution < -0.4 is 4.90 Å². The molecule has 2 spiro atoms. The molecule has 6 aromatic rings. The van der Waals surface area contributed by atoms with Gasteiger partial charge in [0.1, 0.15) is 0 Å². The lowest BCUT2D eigenvalue weighted by atomic mass is 9.43. The largest absolute Gasteiger partial charge is 0.310 e. The molecule has 276 valence electrons. The molecule has 0 aromatic heterocycles. The Labute approximate surface area is 332 Å². The van der Waals surface area contributed by atoms with Crippen LogP contribution in [-0.4, -0.2) is 0 Å². The topological polar surface area (TPSA) is 3.24 Å². The van der Waals surface area contributed by atoms with Crippen molar-refractivity contribution in [3.05, 3.63) is 161 Å². The number of nitrogens with zero attached hydrogens (tertiary/aromatic N) is 1. The minimum absolute atomic E-state index is 0.0689. The van der Waals surface area contributed by atoms with Crippen molar-refractivity contribution in [1.29, 1.82) is 0 Å². The van der Waals surface area contributed by atoms with E-state index in [-0.39, 0.29) is 16.2 Å². The van der Waals surface area contributed by atoms with Crippen LogP contribution in [0.1, 0.15) is 111 Å². The van der Waals surface area contributed by atoms with Gasteiger partial charge in [-0.1, -0.05) is 124 Å². The average molecular weight is 726 g/mol. The van der Waals surface area contributed by atoms with E-state index in [4.69, 9.17) is 0 Å². The quantitative estimate of drug-likeness (QED) is 0.176. The summed E-state index contributed by atoms with van der Waals surface area (Å²) in [6, 6.07) is 50.6. The fraction of sp³-hybridized carbons (Fsp3) is 0.345. The van der Waals surface area contributed by atoms with Crippen LogP contribution in [0, 0.1) is 23.7 Å². The maximum atomic E-state index is 2.61. The van der Waals surface area contributed by atoms with Gasteiger partial charge in [0.25, 0.3) is 0 Å². The molecule has 0 unspecified atom stereocenters. The molecule has 56 heavy (non-hydrogen) atoms. The van der Waals surface area contributed by atoms with E-state index in [9.17, 15) is 0 Å². The molecule has 0 amide bonds. The third kappa shape index (κ3) is 3.98. The molecule has 0 N–H and O–H groups in total. The van der Waals surface area contributed by atoms with Crippen molar-refractivity contribution in [2.45, 2.75) is 94.3 Å². The van der Waals surface area contributed by atoms with E-state index < -0.39 is 0 Å². The highest BCUT2D eigenvalue weighted by atomic mass is 15.1. The van der Waals surface area contributed by atoms with Crippen LogP contribution in [0.25, 0.3) is 33.4 Å². The first-order valence-electron chi connectivity index (χ1n) is 22.0. The van der Waals surface area contributed by atoms with Crippen LogP contribution >= 0.6 is 0 Å². The summed E-state index contributed by atoms with van der Waals surface area (Å²) in [6.07, 6.45) is 13.7. The smallest absolute Gasteiger partial charge is 0.0468 e. The second-order valence-electron chi connectivity index (χ2n) is 19.6. The molecule has 1 nitrogen and oxygen atoms in total. The summed E-state index contributed by atoms with van der Waals surface area (Å²) >= 11 is 0. The first-order chi connectivity index (χ1) is 27.4. The standard InChI is InChI=1S/C55H51N/c1-53(2)47-15-7-4-12-41(47)44-21-18-40(33-52(44)53)56(38-19-22-49-45(31-38)42-13-5-8-16-48(42)54(49)24-10-3-11-25-54)39-20-23-51-46(32-39)43-14-6-9-17-50(43)55(51)36-27-34-26-35(29-36)30-37(55)28-34/h4-9,12-23,31-37H,3,10-11,24-30H2,1-2H3. The third-order valence-corrected chi connectivity index (χ3v) is 16.8. The third-order valence-electron chi connectivity index (χ3n) is 16.8. The Morgan fingerprint density at radius 2 is 0.875 bits per heavy atom. The zero-order valence-corrected chi connectivity index (χ0v) is 33.0. The number of anilines is 3. The van der Waals surface area contributed by atoms with Gasteiger partial charge in [0.15, 0.2) is 0 Å². The molecule has 5 fully saturated rings. The molecule has 0 radical (unpaired) electrons. The normalized spacial score (nSPS) is 27.1. The van der Waals surface area contributed by atoms with Crippen LogP contribution in [0.3, 0.4) is 0 Å². The Kier molecular flexibility index (Phi) is 6.42. The number of benzene rings is 6. The molecule has 0 aliphatic heterocycles. The maximum Gasteiger partial charge on any atom is 0.0468 e. The van der Waals surface area contributed by atoms with Gasteiger partial charge < -0.3 is 4.90 Å². The molecule has 0 heterocycles. The predicted molar refractivity (Wildman–Crippen MR) is 231 cm³/mol. The summed E-state index contributed by atoms with van der Waals surface area (Å²) in [4.78, 5) is 2.61. The number of rotatable bonds is 3. The number of hydrogen-bond donors (Lipinski definition) is 0. The second kappa shape index (κ2) is 11.2. The van der Waals surface area contributed by atoms with Crippen molar-refractivity contribution >= 4 is 17.1 Å². The summed E-state index contributed by atoms with van der Waals surface area (Å²) < 4.78 is 0. The molecule has 4 bridgehead atoms. The molecular formula is C55H51N. The van der Waals surface area contributed by atoms with Crippen molar-refractivity contribution in [1.82, 2.24) is 0 Å². The van der Waals surface area contributed by atoms with Gasteiger partial charge in [-0.25, -0.2) is 0 Å². The van der Waals surface area contributed by atoms with Gasteiger partial charge in [-0.15, -0.1) is 0 Å². The van der Waals surface area contributed by atoms with Gasteiger partial charge in [0.05, 0.1) is 0 Å². The highest BCUT2D eigenvalue weighted by Crippen LogP contribution is 2.69. The van der Waals surface area contributed by atoms with Crippen LogP contribution in [0.15, 0.2) is 127 Å². The van der Waals surface area contributed by atoms with Gasteiger partial charge in [-0.2, -0.15) is 0 Å². The fourth-order valence-electron chi connectivity index (χ4n) is 14.9. The minimum Gasteiger partial charge on any atom is -0.310 e. The minimum atomic E-state index is -0.0689. The van der Waals surface area contributed by atoms with E-state index in [0.717, 1.165) is 23.7 Å². The van der Waals surface area contributed by atoms with Crippen molar-refractivity contribution in [3.63, 3.8) is 0 Å². The van der Waals surface area contributed by atoms with Gasteiger partial charge in [0.2, 0.25) is 0 Å². The van der Waals surface area contributed by atoms with Gasteiger partial charge in [0, 0.05) is 33.3 Å². The molecule has 8 aliphatic rings. The lowest BCUT2D eigenvalue weighted by Gasteiger charge is -2.61. The second-order valence-corrected chi connectivity index (χ2v) is 19.6. The van der Waals surface area contributed by atoms with Gasteiger partial charge in [-0.05, 0) is 172 Å². The lowest BCUT2D eigenvalue weighted by Crippen LogP contribution is -2.55. The van der Waals surface area contributed by atoms with E-state index in [1.165, 1.54) is 126 Å². The van der Waals surface area contributed by atoms with Crippen molar-refractivity contribution in [2.75, 3.05) is 4.90 Å². The molecule has 14 rings (SSSR count). The lowest BCUT2D eigenvalue weighted by molar-refractivity contribution is -0.0399. The van der Waals surface area contributed by atoms with Crippen LogP contribution in [0.4, 0.5) is 17.1 Å². The number of fused-ring (bicyclic) bond motifs is 11. The van der Waals surface area contributed by atoms with Gasteiger partial charge >= 0.3 is 0 Å². The summed E-state index contributed by atoms with van der Waals surface area (Å²) in [5.41, 5.74) is 21.9. The zero-order chi connectivity index (χ0) is 37.0. The fourth-order valence-corrected chi connectivity index (χ4v) is 14.9. The molecule has 6 aromatic carbocycles. The Bertz CT molecular complexity index is 2600. The SMILES string of the molecule is CC1(C)c2ccccc2-c2ccc(N(c3ccc4c(c3)-c3ccccc3C43CCCCC3)c3ccc4c(c3)-c3ccccc3C43C4CC5CC(C4)CC3C5)cc21. The summed E-state index contributed by atoms with van der Waals surface area (Å²) in [6.45, 7) is 4.83. The molecule has 5 saturated carbocycles. The molecule has 8 aliphatic carbocycles. The molecule has 0 saturated heterocycles. The summed E-state index contributed by atoms with van der Waals surface area (Å²) in [7, 11) is 0. The summed E-state index contributed by atoms with van der Waals surface area (Å²) in [5, 5.41) is 0. The molecule has 1 heteroatoms. The Morgan fingerprint density at radius 3 is 1.55 bits per heavy atom. The van der Waals surface area contributed by atoms with Crippen molar-refractivity contribution in [3.8, 4) is 33.4 Å². The van der Waals surface area contributed by atoms with E-state index in [1.54, 1.807) is 22.3 Å². The zero-order valence-electron chi connectivity index (χ0n) is 33.0. The Hall–Kier alpha value is -4.88. The van der Waals surface area contributed by atoms with E-state index in [1.807, 2.05) is 0 Å². The van der Waals surface area contributed by atoms with Gasteiger partial charge in [-0.3, -0.25) is 0 Å². The molecule has 0 atom stereocenters. The Morgan fingerprint density at radius 1 is 0.411 bits per heavy atom. The van der Waals surface area contributed by atoms with Crippen LogP contribution in [0.2, 0.25) is 0 Å². The van der Waals surface area contributed by atoms with Crippen LogP contribution in [0.5, 0.6) is 0 Å². The van der Waals surface area contributed by atoms with E-state index in [2.05, 4.69) is 146 Å². The van der Waals surface area contributed by atoms with Crippen molar-refractivity contribution < 1.29 is 0 Å². The first-order valence-corrected chi connectivity index (χ1v) is 22.0. The van der Waals surface area contributed by atoms with Crippen molar-refractivity contribution in [2.24, 2.45) is 23.7 Å². The monoisotopic (exact) mass is 725 g/mol. The first kappa shape index (κ1) is 32.2. The highest BCUT2D eigenvalue weighted by molar-refractivity contribution is 5.91. The van der Waals surface area contributed by atoms with E-state index >= 15 is 0 Å². The highest BCUT2D eigenvalue weighted by Gasteiger charge is 2.61. The van der Waals surface area contributed by atoms with E-state index in [0.29, 0.717) is 0 Å². The average Bonchev–Trinajstić information content (AvgIpc) is 3.76. The van der Waals surface area contributed by atoms with Crippen LogP contribution in [-0.2, 0) is 16.2 Å². The molecular weight excluding hydrogens is 675 g/mol. The maximum absolute atomic E-state index is 2.61. The predicted octanol–water partition coefficient (Wildman–Crippen LogP) is 14.4. The summed E-state index contributed by atoms with van der Waals surface area (Å²) in [5.74, 6) is 3.43. The Balaban J connectivity index is 1.02. The number of hydrogen-bond acceptors (Lipinski definition) is 1.